The van der Waals surface area contributed by atoms with Crippen LogP contribution < -0.4 is 0 Å². The molecule has 0 aliphatic heterocycles. The highest BCUT2D eigenvalue weighted by Gasteiger charge is 2.23. The molecule has 0 aliphatic rings. The van der Waals surface area contributed by atoms with Gasteiger partial charge in [-0.1, -0.05) is 44.2 Å². The first-order valence-corrected chi connectivity index (χ1v) is 7.09. The number of hydrogen-bond donors (Lipinski definition) is 0. The molecule has 0 aromatic heterocycles. The van der Waals surface area contributed by atoms with Gasteiger partial charge in [0.15, 0.2) is 12.3 Å². The number of nitro groups is 1. The summed E-state index contributed by atoms with van der Waals surface area (Å²) in [5.41, 5.74) is 1.60. The number of rotatable bonds is 5. The quantitative estimate of drug-likeness (QED) is 0.276. The van der Waals surface area contributed by atoms with E-state index in [1.54, 1.807) is 12.1 Å². The van der Waals surface area contributed by atoms with Gasteiger partial charge in [0.1, 0.15) is 0 Å². The standard InChI is InChI=1S/C17H18N2O3/c1-13(2)17(15-6-4-3-5-7-15)18(20)12-14-8-10-16(11-9-14)19(21)22/h3-13,17H,1-2H3/b18-12-/t17-/m0/s1. The third-order valence-corrected chi connectivity index (χ3v) is 3.43. The summed E-state index contributed by atoms with van der Waals surface area (Å²) >= 11 is 0. The summed E-state index contributed by atoms with van der Waals surface area (Å²) in [6.07, 6.45) is 1.47. The number of benzene rings is 2. The molecule has 0 fully saturated rings. The van der Waals surface area contributed by atoms with Crippen LogP contribution >= 0.6 is 0 Å². The second-order valence-corrected chi connectivity index (χ2v) is 5.44. The van der Waals surface area contributed by atoms with Crippen LogP contribution in [-0.4, -0.2) is 15.9 Å². The molecule has 0 N–H and O–H groups in total. The van der Waals surface area contributed by atoms with Crippen molar-refractivity contribution < 1.29 is 9.66 Å². The van der Waals surface area contributed by atoms with Crippen molar-refractivity contribution in [2.24, 2.45) is 5.92 Å². The van der Waals surface area contributed by atoms with Crippen molar-refractivity contribution in [3.63, 3.8) is 0 Å². The topological polar surface area (TPSA) is 69.2 Å². The molecule has 0 saturated carbocycles. The highest BCUT2D eigenvalue weighted by atomic mass is 16.6. The lowest BCUT2D eigenvalue weighted by Crippen LogP contribution is -2.20. The van der Waals surface area contributed by atoms with Gasteiger partial charge in [-0.2, -0.15) is 0 Å². The van der Waals surface area contributed by atoms with Gasteiger partial charge in [-0.25, -0.2) is 4.74 Å². The Morgan fingerprint density at radius 1 is 0.955 bits per heavy atom. The SMILES string of the molecule is CC(C)[C@@H](c1ccccc1)/[N+]([O-])=C/c1ccc([N+](=O)[O-])cc1. The maximum absolute atomic E-state index is 12.5. The van der Waals surface area contributed by atoms with Crippen LogP contribution in [0.2, 0.25) is 0 Å². The lowest BCUT2D eigenvalue weighted by Gasteiger charge is -2.20. The Hall–Kier alpha value is -2.69. The van der Waals surface area contributed by atoms with Crippen molar-refractivity contribution in [1.29, 1.82) is 0 Å². The molecule has 5 nitrogen and oxygen atoms in total. The average molecular weight is 298 g/mol. The average Bonchev–Trinajstić information content (AvgIpc) is 2.48. The van der Waals surface area contributed by atoms with Gasteiger partial charge in [-0.05, 0) is 12.1 Å². The van der Waals surface area contributed by atoms with E-state index in [1.807, 2.05) is 44.2 Å². The molecular formula is C17H18N2O3. The molecule has 0 spiro atoms. The number of nitro benzene ring substituents is 1. The molecular weight excluding hydrogens is 280 g/mol. The molecule has 0 heterocycles. The van der Waals surface area contributed by atoms with Gasteiger partial charge in [0.25, 0.3) is 5.69 Å². The molecule has 0 amide bonds. The molecule has 0 unspecified atom stereocenters. The molecule has 0 radical (unpaired) electrons. The normalized spacial score (nSPS) is 13.1. The fourth-order valence-corrected chi connectivity index (χ4v) is 2.39. The molecule has 2 rings (SSSR count). The highest BCUT2D eigenvalue weighted by molar-refractivity contribution is 5.76. The van der Waals surface area contributed by atoms with E-state index in [-0.39, 0.29) is 17.6 Å². The van der Waals surface area contributed by atoms with E-state index in [1.165, 1.54) is 18.3 Å². The first kappa shape index (κ1) is 15.7. The number of non-ortho nitro benzene ring substituents is 1. The summed E-state index contributed by atoms with van der Waals surface area (Å²) in [4.78, 5) is 10.2. The Morgan fingerprint density at radius 2 is 1.55 bits per heavy atom. The van der Waals surface area contributed by atoms with Crippen LogP contribution in [0.5, 0.6) is 0 Å². The zero-order valence-corrected chi connectivity index (χ0v) is 12.5. The maximum atomic E-state index is 12.5. The van der Waals surface area contributed by atoms with E-state index in [9.17, 15) is 15.3 Å². The van der Waals surface area contributed by atoms with Crippen molar-refractivity contribution in [3.05, 3.63) is 81.0 Å². The fourth-order valence-electron chi connectivity index (χ4n) is 2.39. The fraction of sp³-hybridized carbons (Fsp3) is 0.235. The Kier molecular flexibility index (Phi) is 4.88. The Balaban J connectivity index is 2.30. The van der Waals surface area contributed by atoms with Crippen LogP contribution in [0, 0.1) is 21.2 Å². The Morgan fingerprint density at radius 3 is 2.05 bits per heavy atom. The van der Waals surface area contributed by atoms with Crippen LogP contribution in [0.25, 0.3) is 0 Å². The van der Waals surface area contributed by atoms with E-state index in [4.69, 9.17) is 0 Å². The van der Waals surface area contributed by atoms with Gasteiger partial charge >= 0.3 is 0 Å². The summed E-state index contributed by atoms with van der Waals surface area (Å²) in [6.45, 7) is 3.98. The second kappa shape index (κ2) is 6.85. The minimum atomic E-state index is -0.459. The number of nitrogens with zero attached hydrogens (tertiary/aromatic N) is 2. The van der Waals surface area contributed by atoms with Gasteiger partial charge < -0.3 is 5.21 Å². The van der Waals surface area contributed by atoms with Crippen LogP contribution in [0.1, 0.15) is 31.0 Å². The Labute approximate surface area is 129 Å². The van der Waals surface area contributed by atoms with Crippen molar-refractivity contribution >= 4 is 11.9 Å². The molecule has 2 aromatic carbocycles. The maximum Gasteiger partial charge on any atom is 0.269 e. The number of hydroxylamine groups is 1. The third kappa shape index (κ3) is 3.69. The molecule has 0 aliphatic carbocycles. The monoisotopic (exact) mass is 298 g/mol. The van der Waals surface area contributed by atoms with E-state index in [2.05, 4.69) is 0 Å². The van der Waals surface area contributed by atoms with Crippen molar-refractivity contribution in [2.45, 2.75) is 19.9 Å². The molecule has 1 atom stereocenters. The van der Waals surface area contributed by atoms with E-state index >= 15 is 0 Å². The predicted molar refractivity (Wildman–Crippen MR) is 85.9 cm³/mol. The molecule has 114 valence electrons. The minimum Gasteiger partial charge on any atom is -0.623 e. The van der Waals surface area contributed by atoms with Crippen LogP contribution in [0.3, 0.4) is 0 Å². The first-order valence-electron chi connectivity index (χ1n) is 7.09. The smallest absolute Gasteiger partial charge is 0.269 e. The molecule has 22 heavy (non-hydrogen) atoms. The van der Waals surface area contributed by atoms with Crippen LogP contribution in [0.4, 0.5) is 5.69 Å². The summed E-state index contributed by atoms with van der Waals surface area (Å²) < 4.78 is 0.918. The van der Waals surface area contributed by atoms with Gasteiger partial charge in [-0.15, -0.1) is 0 Å². The van der Waals surface area contributed by atoms with Gasteiger partial charge in [0, 0.05) is 29.2 Å². The summed E-state index contributed by atoms with van der Waals surface area (Å²) in [6, 6.07) is 15.2. The molecule has 0 bridgehead atoms. The van der Waals surface area contributed by atoms with Crippen molar-refractivity contribution in [3.8, 4) is 0 Å². The van der Waals surface area contributed by atoms with E-state index in [0.717, 1.165) is 10.3 Å². The van der Waals surface area contributed by atoms with Crippen LogP contribution in [0.15, 0.2) is 54.6 Å². The van der Waals surface area contributed by atoms with Crippen molar-refractivity contribution in [2.75, 3.05) is 0 Å². The zero-order valence-electron chi connectivity index (χ0n) is 12.5. The zero-order chi connectivity index (χ0) is 16.1. The van der Waals surface area contributed by atoms with Gasteiger partial charge in [0.05, 0.1) is 4.92 Å². The Bertz CT molecular complexity index is 664. The van der Waals surface area contributed by atoms with Gasteiger partial charge in [0.2, 0.25) is 0 Å². The molecule has 2 aromatic rings. The first-order chi connectivity index (χ1) is 10.5. The lowest BCUT2D eigenvalue weighted by molar-refractivity contribution is -0.512. The minimum absolute atomic E-state index is 0.0121. The van der Waals surface area contributed by atoms with Gasteiger partial charge in [-0.3, -0.25) is 10.1 Å². The summed E-state index contributed by atoms with van der Waals surface area (Å²) in [5, 5.41) is 23.1. The summed E-state index contributed by atoms with van der Waals surface area (Å²) in [5.74, 6) is 0.134. The largest absolute Gasteiger partial charge is 0.623 e. The van der Waals surface area contributed by atoms with E-state index < -0.39 is 4.92 Å². The number of hydrogen-bond acceptors (Lipinski definition) is 3. The predicted octanol–water partition coefficient (Wildman–Crippen LogP) is 3.92. The highest BCUT2D eigenvalue weighted by Crippen LogP contribution is 2.25. The van der Waals surface area contributed by atoms with Crippen LogP contribution in [-0.2, 0) is 0 Å². The lowest BCUT2D eigenvalue weighted by atomic mass is 9.96. The second-order valence-electron chi connectivity index (χ2n) is 5.44. The van der Waals surface area contributed by atoms with Crippen molar-refractivity contribution in [1.82, 2.24) is 0 Å². The molecule has 0 saturated heterocycles. The third-order valence-electron chi connectivity index (χ3n) is 3.43. The summed E-state index contributed by atoms with van der Waals surface area (Å²) in [7, 11) is 0. The van der Waals surface area contributed by atoms with E-state index in [0.29, 0.717) is 5.56 Å². The molecule has 5 heteroatoms.